The van der Waals surface area contributed by atoms with Gasteiger partial charge in [0.05, 0.1) is 24.1 Å². The van der Waals surface area contributed by atoms with Crippen molar-refractivity contribution in [1.29, 1.82) is 0 Å². The minimum absolute atomic E-state index is 0.0159. The first-order valence-electron chi connectivity index (χ1n) is 22.7. The van der Waals surface area contributed by atoms with E-state index in [1.807, 2.05) is 30.5 Å². The van der Waals surface area contributed by atoms with Gasteiger partial charge in [-0.3, -0.25) is 29.3 Å². The fourth-order valence-corrected chi connectivity index (χ4v) is 9.37. The van der Waals surface area contributed by atoms with Crippen molar-refractivity contribution in [2.24, 2.45) is 5.73 Å². The fraction of sp³-hybridized carbons (Fsp3) is 0.468. The Morgan fingerprint density at radius 3 is 2.35 bits per heavy atom. The summed E-state index contributed by atoms with van der Waals surface area (Å²) in [5, 5.41) is 8.97. The van der Waals surface area contributed by atoms with Crippen LogP contribution >= 0.6 is 11.8 Å². The van der Waals surface area contributed by atoms with Crippen LogP contribution < -0.4 is 31.5 Å². The molecule has 65 heavy (non-hydrogen) atoms. The van der Waals surface area contributed by atoms with Crippen LogP contribution in [0.25, 0.3) is 0 Å². The zero-order valence-corrected chi connectivity index (χ0v) is 37.6. The number of benzene rings is 2. The first-order chi connectivity index (χ1) is 31.5. The van der Waals surface area contributed by atoms with E-state index in [9.17, 15) is 24.0 Å². The number of nitrogens with zero attached hydrogens (tertiary/aromatic N) is 7. The molecule has 4 aliphatic rings. The molecule has 0 saturated carbocycles. The first kappa shape index (κ1) is 45.6. The molecule has 2 aromatic heterocycles. The second kappa shape index (κ2) is 20.9. The topological polar surface area (TPSA) is 218 Å². The number of imide groups is 1. The molecule has 5 N–H and O–H groups in total. The van der Waals surface area contributed by atoms with E-state index in [0.717, 1.165) is 111 Å². The van der Waals surface area contributed by atoms with Gasteiger partial charge in [0.1, 0.15) is 16.9 Å². The van der Waals surface area contributed by atoms with Gasteiger partial charge < -0.3 is 35.8 Å². The molecule has 1 atom stereocenters. The van der Waals surface area contributed by atoms with Gasteiger partial charge in [0, 0.05) is 91.9 Å². The highest BCUT2D eigenvalue weighted by molar-refractivity contribution is 7.99. The third-order valence-electron chi connectivity index (χ3n) is 12.5. The molecule has 0 bridgehead atoms. The molecule has 6 heterocycles. The largest absolute Gasteiger partial charge is 0.378 e. The van der Waals surface area contributed by atoms with Crippen molar-refractivity contribution in [1.82, 2.24) is 30.2 Å². The summed E-state index contributed by atoms with van der Waals surface area (Å²) >= 11 is 1.52. The van der Waals surface area contributed by atoms with Crippen LogP contribution in [-0.2, 0) is 25.7 Å². The number of aromatic nitrogens is 4. The molecule has 0 radical (unpaired) electrons. The fourth-order valence-electron chi connectivity index (χ4n) is 8.58. The molecule has 0 aliphatic carbocycles. The van der Waals surface area contributed by atoms with Crippen molar-refractivity contribution in [3.8, 4) is 0 Å². The van der Waals surface area contributed by atoms with Crippen LogP contribution in [0.1, 0.15) is 110 Å². The van der Waals surface area contributed by atoms with E-state index in [2.05, 4.69) is 52.6 Å². The minimum Gasteiger partial charge on any atom is -0.378 e. The monoisotopic (exact) mass is 903 g/mol. The Morgan fingerprint density at radius 1 is 0.846 bits per heavy atom. The van der Waals surface area contributed by atoms with Crippen LogP contribution in [0.4, 0.5) is 23.1 Å². The lowest BCUT2D eigenvalue weighted by Gasteiger charge is -2.37. The van der Waals surface area contributed by atoms with Crippen LogP contribution in [0.15, 0.2) is 77.2 Å². The van der Waals surface area contributed by atoms with Gasteiger partial charge in [0.25, 0.3) is 11.8 Å². The molecule has 1 unspecified atom stereocenters. The molecule has 342 valence electrons. The Kier molecular flexibility index (Phi) is 14.7. The quantitative estimate of drug-likeness (QED) is 0.0737. The molecule has 17 nitrogen and oxygen atoms in total. The number of rotatable bonds is 17. The Balaban J connectivity index is 0.670. The predicted molar refractivity (Wildman–Crippen MR) is 247 cm³/mol. The maximum atomic E-state index is 13.2. The summed E-state index contributed by atoms with van der Waals surface area (Å²) in [6.07, 6.45) is 16.2. The smallest absolute Gasteiger partial charge is 0.258 e. The molecule has 2 aromatic carbocycles. The number of anilines is 4. The van der Waals surface area contributed by atoms with Crippen molar-refractivity contribution in [3.05, 3.63) is 83.9 Å². The lowest BCUT2D eigenvalue weighted by Crippen LogP contribution is -2.52. The molecule has 3 saturated heterocycles. The Bertz CT molecular complexity index is 2350. The standard InChI is InChI=1S/C47H57N11O6S/c1-47(48)17-21-56(22-18-47)39-28-50-42(29-49-39)65-36-9-7-8-33(24-36)53-40(59)10-5-3-2-4-6-23-64-35-15-19-57(20-16-35)46-51-26-32(27-52-46)43(61)54-34-12-11-31-30-58(45(63)37(31)25-34)38-13-14-41(60)55-44(38)62/h7-9,11-12,24-29,35,38H,2-6,10,13-23,30,48H2,1H3,(H,53,59)(H,54,61)(H,55,60,62). The van der Waals surface area contributed by atoms with E-state index in [-0.39, 0.29) is 54.3 Å². The summed E-state index contributed by atoms with van der Waals surface area (Å²) in [6.45, 7) is 6.32. The van der Waals surface area contributed by atoms with Gasteiger partial charge in [-0.05, 0) is 87.8 Å². The number of fused-ring (bicyclic) bond motifs is 1. The van der Waals surface area contributed by atoms with E-state index in [1.165, 1.54) is 29.1 Å². The van der Waals surface area contributed by atoms with Gasteiger partial charge in [-0.25, -0.2) is 19.9 Å². The Hall–Kier alpha value is -5.98. The number of unbranched alkanes of at least 4 members (excludes halogenated alkanes) is 4. The molecular formula is C47H57N11O6S. The second-order valence-corrected chi connectivity index (χ2v) is 18.7. The first-order valence-corrected chi connectivity index (χ1v) is 23.5. The molecule has 0 spiro atoms. The number of carbonyl (C=O) groups excluding carboxylic acids is 5. The summed E-state index contributed by atoms with van der Waals surface area (Å²) in [6, 6.07) is 12.2. The number of nitrogens with two attached hydrogens (primary N) is 1. The third-order valence-corrected chi connectivity index (χ3v) is 13.4. The van der Waals surface area contributed by atoms with Gasteiger partial charge in [0.15, 0.2) is 0 Å². The lowest BCUT2D eigenvalue weighted by molar-refractivity contribution is -0.137. The highest BCUT2D eigenvalue weighted by Gasteiger charge is 2.39. The van der Waals surface area contributed by atoms with Crippen LogP contribution in [0.2, 0.25) is 0 Å². The summed E-state index contributed by atoms with van der Waals surface area (Å²) in [7, 11) is 0. The zero-order chi connectivity index (χ0) is 45.3. The maximum absolute atomic E-state index is 13.2. The zero-order valence-electron chi connectivity index (χ0n) is 36.8. The van der Waals surface area contributed by atoms with Crippen molar-refractivity contribution in [2.45, 2.75) is 118 Å². The van der Waals surface area contributed by atoms with Crippen molar-refractivity contribution >= 4 is 64.4 Å². The number of hydrogen-bond acceptors (Lipinski definition) is 14. The molecular weight excluding hydrogens is 847 g/mol. The van der Waals surface area contributed by atoms with Crippen molar-refractivity contribution in [2.75, 3.05) is 53.2 Å². The number of ether oxygens (including phenoxy) is 1. The predicted octanol–water partition coefficient (Wildman–Crippen LogP) is 5.71. The molecule has 5 amide bonds. The van der Waals surface area contributed by atoms with Crippen molar-refractivity contribution < 1.29 is 28.7 Å². The Morgan fingerprint density at radius 2 is 1.60 bits per heavy atom. The summed E-state index contributed by atoms with van der Waals surface area (Å²) in [5.74, 6) is -0.0727. The number of hydrogen-bond donors (Lipinski definition) is 4. The molecule has 4 aliphatic heterocycles. The number of carbonyl (C=O) groups is 5. The van der Waals surface area contributed by atoms with E-state index >= 15 is 0 Å². The number of nitrogens with one attached hydrogen (secondary N) is 3. The highest BCUT2D eigenvalue weighted by atomic mass is 32.2. The van der Waals surface area contributed by atoms with Gasteiger partial charge in [-0.1, -0.05) is 43.2 Å². The summed E-state index contributed by atoms with van der Waals surface area (Å²) in [4.78, 5) is 87.9. The van der Waals surface area contributed by atoms with Gasteiger partial charge >= 0.3 is 0 Å². The van der Waals surface area contributed by atoms with Crippen molar-refractivity contribution in [3.63, 3.8) is 0 Å². The van der Waals surface area contributed by atoms with E-state index < -0.39 is 17.9 Å². The lowest BCUT2D eigenvalue weighted by atomic mass is 9.91. The molecule has 18 heteroatoms. The summed E-state index contributed by atoms with van der Waals surface area (Å²) < 4.78 is 6.20. The molecule has 4 aromatic rings. The van der Waals surface area contributed by atoms with Crippen LogP contribution in [-0.4, -0.2) is 105 Å². The van der Waals surface area contributed by atoms with Crippen LogP contribution in [0.3, 0.4) is 0 Å². The third kappa shape index (κ3) is 12.0. The van der Waals surface area contributed by atoms with Gasteiger partial charge in [-0.2, -0.15) is 0 Å². The highest BCUT2D eigenvalue weighted by Crippen LogP contribution is 2.31. The maximum Gasteiger partial charge on any atom is 0.258 e. The molecule has 3 fully saturated rings. The average Bonchev–Trinajstić information content (AvgIpc) is 3.62. The number of amides is 5. The summed E-state index contributed by atoms with van der Waals surface area (Å²) in [5.41, 5.74) is 8.83. The van der Waals surface area contributed by atoms with Crippen LogP contribution in [0, 0.1) is 0 Å². The van der Waals surface area contributed by atoms with Gasteiger partial charge in [0.2, 0.25) is 23.7 Å². The number of piperidine rings is 3. The molecule has 8 rings (SSSR count). The van der Waals surface area contributed by atoms with E-state index in [1.54, 1.807) is 24.4 Å². The van der Waals surface area contributed by atoms with E-state index in [0.29, 0.717) is 30.2 Å². The SMILES string of the molecule is CC1(N)CCN(c2cnc(Sc3cccc(NC(=O)CCCCCCCOC4CCN(c5ncc(C(=O)Nc6ccc7c(c6)C(=O)N(C6CCC(=O)NC6=O)C7)cn5)CC4)c3)cn2)CC1. The Labute approximate surface area is 383 Å². The van der Waals surface area contributed by atoms with E-state index in [4.69, 9.17) is 10.5 Å². The average molecular weight is 904 g/mol. The second-order valence-electron chi connectivity index (χ2n) is 17.6. The van der Waals surface area contributed by atoms with Crippen LogP contribution in [0.5, 0.6) is 0 Å². The van der Waals surface area contributed by atoms with Gasteiger partial charge in [-0.15, -0.1) is 0 Å². The normalized spacial score (nSPS) is 18.6. The minimum atomic E-state index is -0.703.